The SMILES string of the molecule is CCCOC1C(Cl)CC1OCCc1cccs1. The standard InChI is InChI=1S/C13H19ClO2S/c1-2-6-16-13-11(14)9-12(13)15-7-5-10-4-3-8-17-10/h3-4,8,11-13H,2,5-7,9H2,1H3. The number of alkyl halides is 1. The van der Waals surface area contributed by atoms with E-state index in [1.807, 2.05) is 0 Å². The Morgan fingerprint density at radius 1 is 1.41 bits per heavy atom. The Kier molecular flexibility index (Phi) is 5.29. The van der Waals surface area contributed by atoms with Gasteiger partial charge in [-0.25, -0.2) is 0 Å². The number of halogens is 1. The Bertz CT molecular complexity index is 315. The van der Waals surface area contributed by atoms with Crippen LogP contribution in [0.1, 0.15) is 24.6 Å². The summed E-state index contributed by atoms with van der Waals surface area (Å²) in [5, 5.41) is 2.23. The minimum Gasteiger partial charge on any atom is -0.375 e. The fourth-order valence-corrected chi connectivity index (χ4v) is 3.02. The summed E-state index contributed by atoms with van der Waals surface area (Å²) < 4.78 is 11.5. The van der Waals surface area contributed by atoms with E-state index in [-0.39, 0.29) is 17.6 Å². The molecule has 2 nitrogen and oxygen atoms in total. The van der Waals surface area contributed by atoms with Gasteiger partial charge in [0.05, 0.1) is 18.1 Å². The molecule has 1 heterocycles. The molecule has 0 radical (unpaired) electrons. The van der Waals surface area contributed by atoms with E-state index in [9.17, 15) is 0 Å². The molecule has 0 saturated heterocycles. The van der Waals surface area contributed by atoms with Gasteiger partial charge in [0.25, 0.3) is 0 Å². The van der Waals surface area contributed by atoms with Crippen molar-refractivity contribution in [1.82, 2.24) is 0 Å². The molecular formula is C13H19ClO2S. The van der Waals surface area contributed by atoms with E-state index in [0.29, 0.717) is 0 Å². The molecule has 0 N–H and O–H groups in total. The smallest absolute Gasteiger partial charge is 0.100 e. The second-order valence-corrected chi connectivity index (χ2v) is 5.92. The van der Waals surface area contributed by atoms with Gasteiger partial charge in [0.2, 0.25) is 0 Å². The molecule has 1 saturated carbocycles. The number of hydrogen-bond acceptors (Lipinski definition) is 3. The van der Waals surface area contributed by atoms with Gasteiger partial charge in [0.15, 0.2) is 0 Å². The van der Waals surface area contributed by atoms with Crippen LogP contribution in [0.3, 0.4) is 0 Å². The van der Waals surface area contributed by atoms with E-state index < -0.39 is 0 Å². The molecule has 96 valence electrons. The molecule has 3 atom stereocenters. The van der Waals surface area contributed by atoms with Crippen molar-refractivity contribution in [2.75, 3.05) is 13.2 Å². The summed E-state index contributed by atoms with van der Waals surface area (Å²) in [5.74, 6) is 0. The zero-order valence-corrected chi connectivity index (χ0v) is 11.7. The van der Waals surface area contributed by atoms with Gasteiger partial charge in [-0.15, -0.1) is 22.9 Å². The van der Waals surface area contributed by atoms with E-state index in [1.165, 1.54) is 4.88 Å². The normalized spacial score (nSPS) is 28.0. The predicted molar refractivity (Wildman–Crippen MR) is 72.1 cm³/mol. The summed E-state index contributed by atoms with van der Waals surface area (Å²) in [7, 11) is 0. The van der Waals surface area contributed by atoms with Crippen LogP contribution in [0.25, 0.3) is 0 Å². The average Bonchev–Trinajstić information content (AvgIpc) is 2.81. The van der Waals surface area contributed by atoms with E-state index in [1.54, 1.807) is 11.3 Å². The molecule has 2 rings (SSSR count). The van der Waals surface area contributed by atoms with E-state index >= 15 is 0 Å². The largest absolute Gasteiger partial charge is 0.375 e. The summed E-state index contributed by atoms with van der Waals surface area (Å²) in [6, 6.07) is 4.22. The number of hydrogen-bond donors (Lipinski definition) is 0. The van der Waals surface area contributed by atoms with Gasteiger partial charge in [0, 0.05) is 17.9 Å². The first-order valence-corrected chi connectivity index (χ1v) is 7.52. The minimum absolute atomic E-state index is 0.0972. The van der Waals surface area contributed by atoms with Crippen LogP contribution in [-0.2, 0) is 15.9 Å². The number of ether oxygens (including phenoxy) is 2. The van der Waals surface area contributed by atoms with Crippen LogP contribution in [0, 0.1) is 0 Å². The van der Waals surface area contributed by atoms with Crippen molar-refractivity contribution < 1.29 is 9.47 Å². The molecule has 1 aliphatic carbocycles. The third kappa shape index (κ3) is 3.68. The Morgan fingerprint density at radius 2 is 2.29 bits per heavy atom. The summed E-state index contributed by atoms with van der Waals surface area (Å²) >= 11 is 7.90. The molecule has 1 aromatic rings. The fraction of sp³-hybridized carbons (Fsp3) is 0.692. The zero-order valence-electron chi connectivity index (χ0n) is 10.1. The number of rotatable bonds is 7. The molecule has 0 aromatic carbocycles. The third-order valence-electron chi connectivity index (χ3n) is 2.96. The molecule has 0 spiro atoms. The molecule has 4 heteroatoms. The molecule has 1 aromatic heterocycles. The lowest BCUT2D eigenvalue weighted by atomic mass is 9.91. The fourth-order valence-electron chi connectivity index (χ4n) is 1.92. The quantitative estimate of drug-likeness (QED) is 0.709. The van der Waals surface area contributed by atoms with Gasteiger partial charge < -0.3 is 9.47 Å². The van der Waals surface area contributed by atoms with Crippen LogP contribution >= 0.6 is 22.9 Å². The molecule has 17 heavy (non-hydrogen) atoms. The molecule has 0 aliphatic heterocycles. The minimum atomic E-state index is 0.0972. The number of thiophene rings is 1. The lowest BCUT2D eigenvalue weighted by Gasteiger charge is -2.40. The highest BCUT2D eigenvalue weighted by atomic mass is 35.5. The third-order valence-corrected chi connectivity index (χ3v) is 4.32. The van der Waals surface area contributed by atoms with Crippen LogP contribution < -0.4 is 0 Å². The molecule has 3 unspecified atom stereocenters. The van der Waals surface area contributed by atoms with Gasteiger partial charge in [-0.1, -0.05) is 13.0 Å². The van der Waals surface area contributed by atoms with E-state index in [2.05, 4.69) is 24.4 Å². The zero-order chi connectivity index (χ0) is 12.1. The van der Waals surface area contributed by atoms with Gasteiger partial charge in [0.1, 0.15) is 6.10 Å². The van der Waals surface area contributed by atoms with Crippen molar-refractivity contribution in [3.05, 3.63) is 22.4 Å². The Balaban J connectivity index is 1.65. The highest BCUT2D eigenvalue weighted by Crippen LogP contribution is 2.32. The summed E-state index contributed by atoms with van der Waals surface area (Å²) in [5.41, 5.74) is 0. The van der Waals surface area contributed by atoms with Crippen molar-refractivity contribution in [3.8, 4) is 0 Å². The van der Waals surface area contributed by atoms with Crippen LogP contribution in [0.4, 0.5) is 0 Å². The van der Waals surface area contributed by atoms with Gasteiger partial charge in [-0.2, -0.15) is 0 Å². The maximum Gasteiger partial charge on any atom is 0.100 e. The summed E-state index contributed by atoms with van der Waals surface area (Å²) in [4.78, 5) is 1.37. The topological polar surface area (TPSA) is 18.5 Å². The van der Waals surface area contributed by atoms with Crippen molar-refractivity contribution >= 4 is 22.9 Å². The summed E-state index contributed by atoms with van der Waals surface area (Å²) in [6.07, 6.45) is 3.23. The van der Waals surface area contributed by atoms with Crippen molar-refractivity contribution in [2.45, 2.75) is 43.8 Å². The summed E-state index contributed by atoms with van der Waals surface area (Å²) in [6.45, 7) is 3.65. The maximum atomic E-state index is 6.12. The first-order chi connectivity index (χ1) is 8.31. The second-order valence-electron chi connectivity index (χ2n) is 4.33. The molecular weight excluding hydrogens is 256 g/mol. The lowest BCUT2D eigenvalue weighted by Crippen LogP contribution is -2.51. The molecule has 1 fully saturated rings. The van der Waals surface area contributed by atoms with Crippen LogP contribution in [0.2, 0.25) is 0 Å². The molecule has 0 amide bonds. The molecule has 1 aliphatic rings. The second kappa shape index (κ2) is 6.74. The van der Waals surface area contributed by atoms with Gasteiger partial charge >= 0.3 is 0 Å². The van der Waals surface area contributed by atoms with Gasteiger partial charge in [-0.3, -0.25) is 0 Å². The Morgan fingerprint density at radius 3 is 2.94 bits per heavy atom. The lowest BCUT2D eigenvalue weighted by molar-refractivity contribution is -0.123. The Labute approximate surface area is 112 Å². The van der Waals surface area contributed by atoms with Crippen LogP contribution in [0.15, 0.2) is 17.5 Å². The average molecular weight is 275 g/mol. The van der Waals surface area contributed by atoms with Crippen LogP contribution in [0.5, 0.6) is 0 Å². The van der Waals surface area contributed by atoms with Gasteiger partial charge in [-0.05, 0) is 24.3 Å². The van der Waals surface area contributed by atoms with Crippen LogP contribution in [-0.4, -0.2) is 30.8 Å². The predicted octanol–water partition coefficient (Wildman–Crippen LogP) is 3.48. The first kappa shape index (κ1) is 13.3. The first-order valence-electron chi connectivity index (χ1n) is 6.21. The van der Waals surface area contributed by atoms with Crippen molar-refractivity contribution in [1.29, 1.82) is 0 Å². The molecule has 0 bridgehead atoms. The van der Waals surface area contributed by atoms with E-state index in [4.69, 9.17) is 21.1 Å². The Hall–Kier alpha value is -0.0900. The van der Waals surface area contributed by atoms with Crippen molar-refractivity contribution in [2.24, 2.45) is 0 Å². The highest BCUT2D eigenvalue weighted by molar-refractivity contribution is 7.09. The van der Waals surface area contributed by atoms with Crippen molar-refractivity contribution in [3.63, 3.8) is 0 Å². The highest BCUT2D eigenvalue weighted by Gasteiger charge is 2.41. The maximum absolute atomic E-state index is 6.12. The van der Waals surface area contributed by atoms with E-state index in [0.717, 1.165) is 32.5 Å². The monoisotopic (exact) mass is 274 g/mol.